The van der Waals surface area contributed by atoms with Crippen LogP contribution in [0.4, 0.5) is 0 Å². The van der Waals surface area contributed by atoms with Gasteiger partial charge in [0.15, 0.2) is 0 Å². The number of aromatic amines is 1. The predicted octanol–water partition coefficient (Wildman–Crippen LogP) is 4.76. The van der Waals surface area contributed by atoms with Crippen LogP contribution in [-0.2, 0) is 0 Å². The van der Waals surface area contributed by atoms with Crippen molar-refractivity contribution in [1.82, 2.24) is 15.6 Å². The molecular formula is C21H15BrN4O. The molecule has 0 atom stereocenters. The number of fused-ring (bicyclic) bond motifs is 1. The molecule has 5 nitrogen and oxygen atoms in total. The molecule has 3 aromatic carbocycles. The van der Waals surface area contributed by atoms with Crippen molar-refractivity contribution < 1.29 is 4.79 Å². The van der Waals surface area contributed by atoms with Gasteiger partial charge in [0, 0.05) is 10.0 Å². The molecule has 0 radical (unpaired) electrons. The van der Waals surface area contributed by atoms with Gasteiger partial charge in [-0.25, -0.2) is 5.43 Å². The van der Waals surface area contributed by atoms with E-state index in [9.17, 15) is 4.79 Å². The first-order chi connectivity index (χ1) is 13.2. The second-order valence-electron chi connectivity index (χ2n) is 5.98. The summed E-state index contributed by atoms with van der Waals surface area (Å²) < 4.78 is 0.988. The average Bonchev–Trinajstić information content (AvgIpc) is 3.19. The highest BCUT2D eigenvalue weighted by Crippen LogP contribution is 2.23. The van der Waals surface area contributed by atoms with E-state index in [1.54, 1.807) is 12.3 Å². The zero-order valence-corrected chi connectivity index (χ0v) is 15.8. The summed E-state index contributed by atoms with van der Waals surface area (Å²) in [5.74, 6) is -0.345. The molecule has 0 saturated carbocycles. The van der Waals surface area contributed by atoms with E-state index in [0.717, 1.165) is 26.4 Å². The highest BCUT2D eigenvalue weighted by Gasteiger charge is 2.10. The summed E-state index contributed by atoms with van der Waals surface area (Å²) in [5, 5.41) is 13.3. The van der Waals surface area contributed by atoms with E-state index in [-0.39, 0.29) is 5.91 Å². The predicted molar refractivity (Wildman–Crippen MR) is 111 cm³/mol. The van der Waals surface area contributed by atoms with E-state index in [0.29, 0.717) is 11.4 Å². The molecule has 1 aromatic heterocycles. The van der Waals surface area contributed by atoms with Crippen LogP contribution in [-0.4, -0.2) is 22.3 Å². The third kappa shape index (κ3) is 3.96. The molecular weight excluding hydrogens is 404 g/mol. The average molecular weight is 419 g/mol. The molecule has 0 spiro atoms. The number of halogens is 1. The van der Waals surface area contributed by atoms with Gasteiger partial charge >= 0.3 is 0 Å². The van der Waals surface area contributed by atoms with Crippen LogP contribution in [0.25, 0.3) is 22.0 Å². The van der Waals surface area contributed by atoms with Gasteiger partial charge in [0.05, 0.1) is 11.9 Å². The number of hydrazone groups is 1. The maximum absolute atomic E-state index is 12.2. The fraction of sp³-hybridized carbons (Fsp3) is 0. The SMILES string of the molecule is O=C(NN=Cc1ccc(Br)cc1)c1cc(-c2ccc3ccccc3c2)n[nH]1. The number of nitrogens with zero attached hydrogens (tertiary/aromatic N) is 2. The van der Waals surface area contributed by atoms with E-state index >= 15 is 0 Å². The molecule has 1 amide bonds. The number of hydrogen-bond donors (Lipinski definition) is 2. The lowest BCUT2D eigenvalue weighted by Gasteiger charge is -2.00. The number of H-pyrrole nitrogens is 1. The highest BCUT2D eigenvalue weighted by molar-refractivity contribution is 9.10. The summed E-state index contributed by atoms with van der Waals surface area (Å²) in [4.78, 5) is 12.2. The molecule has 2 N–H and O–H groups in total. The molecule has 0 aliphatic rings. The Kier molecular flexibility index (Phi) is 4.80. The van der Waals surface area contributed by atoms with E-state index in [4.69, 9.17) is 0 Å². The van der Waals surface area contributed by atoms with Gasteiger partial charge < -0.3 is 0 Å². The fourth-order valence-corrected chi connectivity index (χ4v) is 2.97. The monoisotopic (exact) mass is 418 g/mol. The number of nitrogens with one attached hydrogen (secondary N) is 2. The van der Waals surface area contributed by atoms with Crippen LogP contribution in [0.2, 0.25) is 0 Å². The highest BCUT2D eigenvalue weighted by atomic mass is 79.9. The lowest BCUT2D eigenvalue weighted by atomic mass is 10.1. The molecule has 0 fully saturated rings. The summed E-state index contributed by atoms with van der Waals surface area (Å²) in [6.45, 7) is 0. The van der Waals surface area contributed by atoms with Gasteiger partial charge in [-0.3, -0.25) is 9.89 Å². The van der Waals surface area contributed by atoms with Crippen LogP contribution in [0.15, 0.2) is 82.4 Å². The molecule has 6 heteroatoms. The number of carbonyl (C=O) groups excluding carboxylic acids is 1. The number of rotatable bonds is 4. The van der Waals surface area contributed by atoms with Crippen LogP contribution >= 0.6 is 15.9 Å². The van der Waals surface area contributed by atoms with Gasteiger partial charge in [0.25, 0.3) is 5.91 Å². The maximum Gasteiger partial charge on any atom is 0.289 e. The van der Waals surface area contributed by atoms with Crippen molar-refractivity contribution in [2.24, 2.45) is 5.10 Å². The van der Waals surface area contributed by atoms with E-state index < -0.39 is 0 Å². The van der Waals surface area contributed by atoms with Crippen molar-refractivity contribution in [3.05, 3.63) is 88.5 Å². The normalized spacial score (nSPS) is 11.1. The Morgan fingerprint density at radius 2 is 1.78 bits per heavy atom. The minimum Gasteiger partial charge on any atom is -0.272 e. The summed E-state index contributed by atoms with van der Waals surface area (Å²) >= 11 is 3.38. The van der Waals surface area contributed by atoms with Crippen LogP contribution < -0.4 is 5.43 Å². The van der Waals surface area contributed by atoms with E-state index in [1.165, 1.54) is 0 Å². The first-order valence-electron chi connectivity index (χ1n) is 8.32. The Morgan fingerprint density at radius 1 is 1.00 bits per heavy atom. The van der Waals surface area contributed by atoms with Crippen molar-refractivity contribution in [3.8, 4) is 11.3 Å². The third-order valence-electron chi connectivity index (χ3n) is 4.12. The number of hydrogen-bond acceptors (Lipinski definition) is 3. The van der Waals surface area contributed by atoms with Gasteiger partial charge in [-0.15, -0.1) is 0 Å². The van der Waals surface area contributed by atoms with Gasteiger partial charge in [-0.2, -0.15) is 10.2 Å². The van der Waals surface area contributed by atoms with Crippen LogP contribution in [0.3, 0.4) is 0 Å². The molecule has 0 aliphatic carbocycles. The van der Waals surface area contributed by atoms with Crippen LogP contribution in [0.5, 0.6) is 0 Å². The summed E-state index contributed by atoms with van der Waals surface area (Å²) in [6.07, 6.45) is 1.59. The van der Waals surface area contributed by atoms with Gasteiger partial charge in [-0.05, 0) is 40.6 Å². The zero-order chi connectivity index (χ0) is 18.6. The summed E-state index contributed by atoms with van der Waals surface area (Å²) in [5.41, 5.74) is 5.40. The topological polar surface area (TPSA) is 70.1 Å². The zero-order valence-electron chi connectivity index (χ0n) is 14.2. The van der Waals surface area contributed by atoms with Gasteiger partial charge in [0.1, 0.15) is 5.69 Å². The first-order valence-corrected chi connectivity index (χ1v) is 9.12. The second-order valence-corrected chi connectivity index (χ2v) is 6.90. The van der Waals surface area contributed by atoms with Crippen molar-refractivity contribution in [2.75, 3.05) is 0 Å². The molecule has 27 heavy (non-hydrogen) atoms. The van der Waals surface area contributed by atoms with E-state index in [2.05, 4.69) is 54.9 Å². The molecule has 4 aromatic rings. The molecule has 0 aliphatic heterocycles. The standard InChI is InChI=1S/C21H15BrN4O/c22-18-9-5-14(6-10-18)13-23-26-21(27)20-12-19(24-25-20)17-8-7-15-3-1-2-4-16(15)11-17/h1-13H,(H,24,25)(H,26,27). The Labute approximate surface area is 164 Å². The van der Waals surface area contributed by atoms with Crippen molar-refractivity contribution >= 4 is 38.8 Å². The van der Waals surface area contributed by atoms with E-state index in [1.807, 2.05) is 48.5 Å². The molecule has 0 bridgehead atoms. The Bertz CT molecular complexity index is 1130. The summed E-state index contributed by atoms with van der Waals surface area (Å²) in [6, 6.07) is 23.5. The van der Waals surface area contributed by atoms with Gasteiger partial charge in [-0.1, -0.05) is 64.5 Å². The number of aromatic nitrogens is 2. The quantitative estimate of drug-likeness (QED) is 0.370. The Morgan fingerprint density at radius 3 is 2.59 bits per heavy atom. The van der Waals surface area contributed by atoms with Crippen molar-refractivity contribution in [1.29, 1.82) is 0 Å². The third-order valence-corrected chi connectivity index (χ3v) is 4.65. The lowest BCUT2D eigenvalue weighted by molar-refractivity contribution is 0.0950. The smallest absolute Gasteiger partial charge is 0.272 e. The van der Waals surface area contributed by atoms with Crippen molar-refractivity contribution in [2.45, 2.75) is 0 Å². The van der Waals surface area contributed by atoms with Crippen LogP contribution in [0, 0.1) is 0 Å². The molecule has 0 unspecified atom stereocenters. The molecule has 4 rings (SSSR count). The lowest BCUT2D eigenvalue weighted by Crippen LogP contribution is -2.17. The summed E-state index contributed by atoms with van der Waals surface area (Å²) in [7, 11) is 0. The molecule has 132 valence electrons. The maximum atomic E-state index is 12.2. The second kappa shape index (κ2) is 7.55. The van der Waals surface area contributed by atoms with Crippen molar-refractivity contribution in [3.63, 3.8) is 0 Å². The molecule has 0 saturated heterocycles. The minimum atomic E-state index is -0.345. The first kappa shape index (κ1) is 17.2. The minimum absolute atomic E-state index is 0.345. The fourth-order valence-electron chi connectivity index (χ4n) is 2.71. The largest absolute Gasteiger partial charge is 0.289 e. The number of carbonyl (C=O) groups is 1. The Balaban J connectivity index is 1.47. The Hall–Kier alpha value is -3.25. The van der Waals surface area contributed by atoms with Gasteiger partial charge in [0.2, 0.25) is 0 Å². The molecule has 1 heterocycles. The number of amides is 1. The number of benzene rings is 3. The van der Waals surface area contributed by atoms with Crippen LogP contribution in [0.1, 0.15) is 16.1 Å².